The van der Waals surface area contributed by atoms with Gasteiger partial charge in [-0.1, -0.05) is 0 Å². The number of hydrogen-bond acceptors (Lipinski definition) is 4. The number of rotatable bonds is 3. The zero-order valence-corrected chi connectivity index (χ0v) is 10.6. The van der Waals surface area contributed by atoms with Crippen molar-refractivity contribution in [2.45, 2.75) is 39.2 Å². The highest BCUT2D eigenvalue weighted by Gasteiger charge is 2.38. The van der Waals surface area contributed by atoms with Crippen LogP contribution in [0, 0.1) is 12.8 Å². The van der Waals surface area contributed by atoms with Crippen molar-refractivity contribution in [2.75, 3.05) is 23.3 Å². The molecule has 0 amide bonds. The summed E-state index contributed by atoms with van der Waals surface area (Å²) in [5.74, 6) is 2.80. The van der Waals surface area contributed by atoms with Crippen molar-refractivity contribution in [1.82, 2.24) is 9.97 Å². The minimum atomic E-state index is 0.725. The summed E-state index contributed by atoms with van der Waals surface area (Å²) in [5, 5.41) is 3.19. The van der Waals surface area contributed by atoms with E-state index in [1.807, 2.05) is 6.20 Å². The summed E-state index contributed by atoms with van der Waals surface area (Å²) < 4.78 is 0. The van der Waals surface area contributed by atoms with E-state index in [9.17, 15) is 0 Å². The maximum Gasteiger partial charge on any atom is 0.224 e. The molecular formula is C13H20N4. The molecule has 1 N–H and O–H groups in total. The molecule has 2 aliphatic rings. The molecule has 1 saturated heterocycles. The van der Waals surface area contributed by atoms with E-state index in [2.05, 4.69) is 34.0 Å². The molecule has 1 aliphatic heterocycles. The van der Waals surface area contributed by atoms with Gasteiger partial charge in [0.2, 0.25) is 5.95 Å². The summed E-state index contributed by atoms with van der Waals surface area (Å²) in [5.41, 5.74) is 1.19. The second kappa shape index (κ2) is 4.17. The number of anilines is 2. The Morgan fingerprint density at radius 2 is 2.35 bits per heavy atom. The van der Waals surface area contributed by atoms with Crippen LogP contribution in [0.2, 0.25) is 0 Å². The van der Waals surface area contributed by atoms with Gasteiger partial charge in [-0.3, -0.25) is 0 Å². The Balaban J connectivity index is 1.88. The lowest BCUT2D eigenvalue weighted by atomic mass is 10.1. The zero-order valence-electron chi connectivity index (χ0n) is 10.6. The smallest absolute Gasteiger partial charge is 0.224 e. The van der Waals surface area contributed by atoms with Gasteiger partial charge in [0.15, 0.2) is 0 Å². The molecule has 4 heteroatoms. The van der Waals surface area contributed by atoms with Crippen LogP contribution in [0.25, 0.3) is 0 Å². The first kappa shape index (κ1) is 10.8. The maximum atomic E-state index is 4.67. The molecule has 1 aliphatic carbocycles. The van der Waals surface area contributed by atoms with Crippen molar-refractivity contribution in [3.8, 4) is 0 Å². The maximum absolute atomic E-state index is 4.67. The van der Waals surface area contributed by atoms with Crippen molar-refractivity contribution < 1.29 is 0 Å². The average Bonchev–Trinajstić information content (AvgIpc) is 2.94. The Hall–Kier alpha value is -1.32. The molecule has 0 radical (unpaired) electrons. The SMILES string of the molecule is CCNc1ncc(C)c(N2CC3CCC2C3)n1. The molecule has 2 atom stereocenters. The van der Waals surface area contributed by atoms with Gasteiger partial charge in [-0.05, 0) is 39.0 Å². The first-order valence-corrected chi connectivity index (χ1v) is 6.62. The molecule has 0 spiro atoms. The summed E-state index contributed by atoms with van der Waals surface area (Å²) >= 11 is 0. The van der Waals surface area contributed by atoms with Crippen molar-refractivity contribution in [2.24, 2.45) is 5.92 Å². The monoisotopic (exact) mass is 232 g/mol. The lowest BCUT2D eigenvalue weighted by Crippen LogP contribution is -2.33. The van der Waals surface area contributed by atoms with Crippen LogP contribution in [0.1, 0.15) is 31.7 Å². The molecule has 0 aromatic carbocycles. The summed E-state index contributed by atoms with van der Waals surface area (Å²) in [6.45, 7) is 6.24. The Kier molecular flexibility index (Phi) is 2.65. The highest BCUT2D eigenvalue weighted by atomic mass is 15.3. The molecule has 2 fully saturated rings. The highest BCUT2D eigenvalue weighted by molar-refractivity contribution is 5.51. The number of hydrogen-bond donors (Lipinski definition) is 1. The van der Waals surface area contributed by atoms with Gasteiger partial charge >= 0.3 is 0 Å². The van der Waals surface area contributed by atoms with Crippen LogP contribution in [-0.2, 0) is 0 Å². The van der Waals surface area contributed by atoms with Crippen LogP contribution >= 0.6 is 0 Å². The third kappa shape index (κ3) is 1.85. The minimum Gasteiger partial charge on any atom is -0.354 e. The second-order valence-electron chi connectivity index (χ2n) is 5.22. The molecular weight excluding hydrogens is 212 g/mol. The number of nitrogens with one attached hydrogen (secondary N) is 1. The van der Waals surface area contributed by atoms with Crippen LogP contribution < -0.4 is 10.2 Å². The Morgan fingerprint density at radius 3 is 3.00 bits per heavy atom. The van der Waals surface area contributed by atoms with E-state index in [1.54, 1.807) is 0 Å². The van der Waals surface area contributed by atoms with Crippen LogP contribution in [0.4, 0.5) is 11.8 Å². The van der Waals surface area contributed by atoms with Crippen molar-refractivity contribution >= 4 is 11.8 Å². The van der Waals surface area contributed by atoms with Gasteiger partial charge in [0.1, 0.15) is 5.82 Å². The van der Waals surface area contributed by atoms with E-state index < -0.39 is 0 Å². The van der Waals surface area contributed by atoms with Crippen LogP contribution in [0.3, 0.4) is 0 Å². The second-order valence-corrected chi connectivity index (χ2v) is 5.22. The predicted octanol–water partition coefficient (Wildman–Crippen LogP) is 2.21. The quantitative estimate of drug-likeness (QED) is 0.867. The van der Waals surface area contributed by atoms with E-state index in [4.69, 9.17) is 0 Å². The van der Waals surface area contributed by atoms with Crippen LogP contribution in [-0.4, -0.2) is 29.1 Å². The standard InChI is InChI=1S/C13H20N4/c1-3-14-13-15-7-9(2)12(16-13)17-8-10-4-5-11(17)6-10/h7,10-11H,3-6,8H2,1-2H3,(H,14,15,16). The van der Waals surface area contributed by atoms with E-state index in [0.29, 0.717) is 0 Å². The molecule has 17 heavy (non-hydrogen) atoms. The summed E-state index contributed by atoms with van der Waals surface area (Å²) in [7, 11) is 0. The van der Waals surface area contributed by atoms with E-state index >= 15 is 0 Å². The van der Waals surface area contributed by atoms with Crippen molar-refractivity contribution in [1.29, 1.82) is 0 Å². The largest absolute Gasteiger partial charge is 0.354 e. The summed E-state index contributed by atoms with van der Waals surface area (Å²) in [6.07, 6.45) is 6.04. The summed E-state index contributed by atoms with van der Waals surface area (Å²) in [6, 6.07) is 0.725. The van der Waals surface area contributed by atoms with Gasteiger partial charge in [-0.15, -0.1) is 0 Å². The molecule has 4 nitrogen and oxygen atoms in total. The predicted molar refractivity (Wildman–Crippen MR) is 69.4 cm³/mol. The Morgan fingerprint density at radius 1 is 1.47 bits per heavy atom. The molecule has 2 heterocycles. The first-order chi connectivity index (χ1) is 8.28. The van der Waals surface area contributed by atoms with Crippen molar-refractivity contribution in [3.05, 3.63) is 11.8 Å². The van der Waals surface area contributed by atoms with E-state index in [-0.39, 0.29) is 0 Å². The fraction of sp³-hybridized carbons (Fsp3) is 0.692. The van der Waals surface area contributed by atoms with Gasteiger partial charge < -0.3 is 10.2 Å². The fourth-order valence-electron chi connectivity index (χ4n) is 3.15. The van der Waals surface area contributed by atoms with Crippen molar-refractivity contribution in [3.63, 3.8) is 0 Å². The fourth-order valence-corrected chi connectivity index (χ4v) is 3.15. The van der Waals surface area contributed by atoms with E-state index in [0.717, 1.165) is 30.3 Å². The topological polar surface area (TPSA) is 41.1 Å². The van der Waals surface area contributed by atoms with Crippen LogP contribution in [0.5, 0.6) is 0 Å². The number of aromatic nitrogens is 2. The lowest BCUT2D eigenvalue weighted by Gasteiger charge is -2.29. The molecule has 3 rings (SSSR count). The molecule has 2 unspecified atom stereocenters. The Bertz CT molecular complexity index is 418. The van der Waals surface area contributed by atoms with Gasteiger partial charge in [-0.2, -0.15) is 4.98 Å². The Labute approximate surface area is 102 Å². The van der Waals surface area contributed by atoms with Gasteiger partial charge in [-0.25, -0.2) is 4.98 Å². The molecule has 1 saturated carbocycles. The number of aryl methyl sites for hydroxylation is 1. The average molecular weight is 232 g/mol. The van der Waals surface area contributed by atoms with Crippen LogP contribution in [0.15, 0.2) is 6.20 Å². The number of piperidine rings is 1. The molecule has 1 aromatic heterocycles. The third-order valence-corrected chi connectivity index (χ3v) is 3.96. The molecule has 92 valence electrons. The normalized spacial score (nSPS) is 26.6. The summed E-state index contributed by atoms with van der Waals surface area (Å²) in [4.78, 5) is 11.5. The molecule has 1 aromatic rings. The molecule has 2 bridgehead atoms. The van der Waals surface area contributed by atoms with Gasteiger partial charge in [0.25, 0.3) is 0 Å². The number of fused-ring (bicyclic) bond motifs is 2. The number of nitrogens with zero attached hydrogens (tertiary/aromatic N) is 3. The first-order valence-electron chi connectivity index (χ1n) is 6.62. The highest BCUT2D eigenvalue weighted by Crippen LogP contribution is 2.40. The van der Waals surface area contributed by atoms with Gasteiger partial charge in [0, 0.05) is 30.9 Å². The van der Waals surface area contributed by atoms with Gasteiger partial charge in [0.05, 0.1) is 0 Å². The third-order valence-electron chi connectivity index (χ3n) is 3.96. The lowest BCUT2D eigenvalue weighted by molar-refractivity contribution is 0.549. The van der Waals surface area contributed by atoms with E-state index in [1.165, 1.54) is 31.4 Å². The minimum absolute atomic E-state index is 0.725. The zero-order chi connectivity index (χ0) is 11.8.